The van der Waals surface area contributed by atoms with Crippen LogP contribution in [0.25, 0.3) is 22.1 Å². The second kappa shape index (κ2) is 13.9. The van der Waals surface area contributed by atoms with E-state index in [1.165, 1.54) is 4.90 Å². The Morgan fingerprint density at radius 2 is 1.46 bits per heavy atom. The summed E-state index contributed by atoms with van der Waals surface area (Å²) in [4.78, 5) is 38.0. The van der Waals surface area contributed by atoms with Crippen molar-refractivity contribution in [3.8, 4) is 0 Å². The van der Waals surface area contributed by atoms with E-state index in [0.717, 1.165) is 60.8 Å². The molecule has 2 aliphatic rings. The Balaban J connectivity index is 0.000000149. The summed E-state index contributed by atoms with van der Waals surface area (Å²) < 4.78 is 2.06. The Hall–Kier alpha value is -3.72. The number of hydrogen-bond donors (Lipinski definition) is 2. The van der Waals surface area contributed by atoms with Crippen LogP contribution < -0.4 is 0 Å². The van der Waals surface area contributed by atoms with Crippen molar-refractivity contribution < 1.29 is 14.7 Å². The SMILES string of the molecule is CCCC1CC(=O)N(CO)C1.CCCC1CC(=O)N(Cn2cnc3ccccc32)C1.c1ccc2[nH]cnc2c1. The molecule has 0 aliphatic carbocycles. The number of rotatable bonds is 7. The van der Waals surface area contributed by atoms with E-state index in [2.05, 4.69) is 33.4 Å². The van der Waals surface area contributed by atoms with Crippen molar-refractivity contribution in [3.05, 3.63) is 61.2 Å². The molecule has 0 spiro atoms. The predicted molar refractivity (Wildman–Crippen MR) is 152 cm³/mol. The van der Waals surface area contributed by atoms with E-state index in [-0.39, 0.29) is 18.5 Å². The van der Waals surface area contributed by atoms with Gasteiger partial charge in [0.05, 0.1) is 41.4 Å². The fraction of sp³-hybridized carbons (Fsp3) is 0.467. The molecule has 2 amide bonds. The van der Waals surface area contributed by atoms with Crippen molar-refractivity contribution in [1.29, 1.82) is 0 Å². The molecule has 208 valence electrons. The number of carbonyl (C=O) groups excluding carboxylic acids is 2. The molecular formula is C30H40N6O3. The van der Waals surface area contributed by atoms with Crippen LogP contribution >= 0.6 is 0 Å². The molecule has 2 saturated heterocycles. The molecule has 2 N–H and O–H groups in total. The van der Waals surface area contributed by atoms with Crippen molar-refractivity contribution >= 4 is 33.9 Å². The largest absolute Gasteiger partial charge is 0.376 e. The van der Waals surface area contributed by atoms with Crippen LogP contribution in [0.5, 0.6) is 0 Å². The summed E-state index contributed by atoms with van der Waals surface area (Å²) in [5.41, 5.74) is 4.20. The summed E-state index contributed by atoms with van der Waals surface area (Å²) in [6.07, 6.45) is 9.39. The van der Waals surface area contributed by atoms with Crippen LogP contribution in [-0.2, 0) is 16.3 Å². The molecule has 39 heavy (non-hydrogen) atoms. The molecule has 2 atom stereocenters. The number of aliphatic hydroxyl groups excluding tert-OH is 1. The molecule has 0 bridgehead atoms. The fourth-order valence-corrected chi connectivity index (χ4v) is 5.37. The lowest BCUT2D eigenvalue weighted by atomic mass is 10.0. The Morgan fingerprint density at radius 3 is 2.10 bits per heavy atom. The molecule has 0 radical (unpaired) electrons. The number of carbonyl (C=O) groups is 2. The summed E-state index contributed by atoms with van der Waals surface area (Å²) in [6, 6.07) is 16.0. The van der Waals surface area contributed by atoms with Gasteiger partial charge in [-0.1, -0.05) is 51.0 Å². The summed E-state index contributed by atoms with van der Waals surface area (Å²) in [5.74, 6) is 1.40. The number of amides is 2. The first kappa shape index (κ1) is 28.3. The second-order valence-electron chi connectivity index (χ2n) is 10.4. The Morgan fingerprint density at radius 1 is 0.846 bits per heavy atom. The molecule has 9 nitrogen and oxygen atoms in total. The maximum absolute atomic E-state index is 12.0. The van der Waals surface area contributed by atoms with E-state index in [0.29, 0.717) is 31.3 Å². The summed E-state index contributed by atoms with van der Waals surface area (Å²) in [6.45, 7) is 6.45. The van der Waals surface area contributed by atoms with Crippen molar-refractivity contribution in [1.82, 2.24) is 29.3 Å². The summed E-state index contributed by atoms with van der Waals surface area (Å²) >= 11 is 0. The van der Waals surface area contributed by atoms with Crippen LogP contribution in [-0.4, -0.2) is 66.1 Å². The highest BCUT2D eigenvalue weighted by atomic mass is 16.3. The van der Waals surface area contributed by atoms with Gasteiger partial charge in [-0.15, -0.1) is 0 Å². The zero-order valence-electron chi connectivity index (χ0n) is 23.0. The number of para-hydroxylation sites is 4. The Labute approximate surface area is 229 Å². The second-order valence-corrected chi connectivity index (χ2v) is 10.4. The normalized spacial score (nSPS) is 18.8. The molecule has 2 aliphatic heterocycles. The number of fused-ring (bicyclic) bond motifs is 2. The third-order valence-corrected chi connectivity index (χ3v) is 7.33. The molecule has 9 heteroatoms. The number of aromatic amines is 1. The summed E-state index contributed by atoms with van der Waals surface area (Å²) in [5, 5.41) is 8.73. The van der Waals surface area contributed by atoms with Crippen LogP contribution in [0.4, 0.5) is 0 Å². The fourth-order valence-electron chi connectivity index (χ4n) is 5.37. The first-order valence-corrected chi connectivity index (χ1v) is 14.0. The van der Waals surface area contributed by atoms with Gasteiger partial charge in [0.1, 0.15) is 6.73 Å². The lowest BCUT2D eigenvalue weighted by Gasteiger charge is -2.17. The van der Waals surface area contributed by atoms with Gasteiger partial charge >= 0.3 is 0 Å². The lowest BCUT2D eigenvalue weighted by molar-refractivity contribution is -0.131. The quantitative estimate of drug-likeness (QED) is 0.356. The van der Waals surface area contributed by atoms with Gasteiger partial charge in [-0.3, -0.25) is 9.59 Å². The molecule has 2 fully saturated rings. The number of nitrogens with zero attached hydrogens (tertiary/aromatic N) is 5. The Kier molecular flexibility index (Phi) is 10.1. The third-order valence-electron chi connectivity index (χ3n) is 7.33. The number of H-pyrrole nitrogens is 1. The number of likely N-dealkylation sites (tertiary alicyclic amines) is 2. The van der Waals surface area contributed by atoms with Gasteiger partial charge in [-0.05, 0) is 48.9 Å². The number of imidazole rings is 2. The molecule has 2 aromatic heterocycles. The highest BCUT2D eigenvalue weighted by molar-refractivity contribution is 5.79. The molecule has 4 heterocycles. The van der Waals surface area contributed by atoms with Gasteiger partial charge in [0, 0.05) is 25.9 Å². The zero-order valence-corrected chi connectivity index (χ0v) is 23.0. The van der Waals surface area contributed by atoms with Crippen LogP contribution in [0.15, 0.2) is 61.2 Å². The topological polar surface area (TPSA) is 107 Å². The molecule has 6 rings (SSSR count). The van der Waals surface area contributed by atoms with Gasteiger partial charge < -0.3 is 24.5 Å². The van der Waals surface area contributed by atoms with Crippen molar-refractivity contribution in [3.63, 3.8) is 0 Å². The van der Waals surface area contributed by atoms with Crippen LogP contribution in [0.2, 0.25) is 0 Å². The summed E-state index contributed by atoms with van der Waals surface area (Å²) in [7, 11) is 0. The van der Waals surface area contributed by atoms with Crippen LogP contribution in [0.1, 0.15) is 52.4 Å². The van der Waals surface area contributed by atoms with Gasteiger partial charge in [0.25, 0.3) is 0 Å². The minimum Gasteiger partial charge on any atom is -0.376 e. The number of aromatic nitrogens is 4. The molecule has 2 aromatic carbocycles. The van der Waals surface area contributed by atoms with Gasteiger partial charge in [-0.2, -0.15) is 0 Å². The third kappa shape index (κ3) is 7.44. The van der Waals surface area contributed by atoms with E-state index < -0.39 is 0 Å². The van der Waals surface area contributed by atoms with Gasteiger partial charge in [0.15, 0.2) is 0 Å². The number of benzene rings is 2. The van der Waals surface area contributed by atoms with E-state index in [1.807, 2.05) is 59.8 Å². The first-order chi connectivity index (χ1) is 19.0. The molecular weight excluding hydrogens is 492 g/mol. The van der Waals surface area contributed by atoms with E-state index >= 15 is 0 Å². The molecule has 0 saturated carbocycles. The van der Waals surface area contributed by atoms with Gasteiger partial charge in [-0.25, -0.2) is 9.97 Å². The lowest BCUT2D eigenvalue weighted by Crippen LogP contribution is -2.27. The predicted octanol–water partition coefficient (Wildman–Crippen LogP) is 4.79. The highest BCUT2D eigenvalue weighted by Crippen LogP contribution is 2.24. The minimum absolute atomic E-state index is 0.103. The van der Waals surface area contributed by atoms with E-state index in [4.69, 9.17) is 5.11 Å². The first-order valence-electron chi connectivity index (χ1n) is 14.0. The number of nitrogens with one attached hydrogen (secondary N) is 1. The molecule has 4 aromatic rings. The highest BCUT2D eigenvalue weighted by Gasteiger charge is 2.29. The Bertz CT molecular complexity index is 1320. The van der Waals surface area contributed by atoms with Gasteiger partial charge in [0.2, 0.25) is 11.8 Å². The number of aliphatic hydroxyl groups is 1. The average Bonchev–Trinajstić information content (AvgIpc) is 3.73. The zero-order chi connectivity index (χ0) is 27.6. The monoisotopic (exact) mass is 532 g/mol. The smallest absolute Gasteiger partial charge is 0.224 e. The van der Waals surface area contributed by atoms with Crippen molar-refractivity contribution in [2.24, 2.45) is 11.8 Å². The van der Waals surface area contributed by atoms with Crippen molar-refractivity contribution in [2.75, 3.05) is 19.8 Å². The maximum Gasteiger partial charge on any atom is 0.224 e. The molecule has 2 unspecified atom stereocenters. The standard InChI is InChI=1S/C15H19N3O.C8H15NO2.C7H6N2/c1-2-5-12-8-15(19)17(9-12)11-18-10-16-13-6-3-4-7-14(13)18;1-2-3-7-4-8(11)9(5-7)6-10;1-2-4-7-6(3-1)8-5-9-7/h3-4,6-7,10,12H,2,5,8-9,11H2,1H3;7,10H,2-6H2,1H3;1-5H,(H,8,9). The minimum atomic E-state index is -0.112. The van der Waals surface area contributed by atoms with E-state index in [1.54, 1.807) is 6.33 Å². The maximum atomic E-state index is 12.0. The van der Waals surface area contributed by atoms with E-state index in [9.17, 15) is 9.59 Å². The van der Waals surface area contributed by atoms with Crippen LogP contribution in [0, 0.1) is 11.8 Å². The number of hydrogen-bond acceptors (Lipinski definition) is 5. The average molecular weight is 533 g/mol. The van der Waals surface area contributed by atoms with Crippen molar-refractivity contribution in [2.45, 2.75) is 59.0 Å². The van der Waals surface area contributed by atoms with Crippen LogP contribution in [0.3, 0.4) is 0 Å².